The maximum absolute atomic E-state index is 5.41. The molecule has 0 amide bonds. The first-order valence-electron chi connectivity index (χ1n) is 6.59. The van der Waals surface area contributed by atoms with E-state index in [1.165, 1.54) is 0 Å². The van der Waals surface area contributed by atoms with Crippen molar-refractivity contribution in [2.24, 2.45) is 10.9 Å². The van der Waals surface area contributed by atoms with Crippen molar-refractivity contribution in [3.63, 3.8) is 0 Å². The highest BCUT2D eigenvalue weighted by atomic mass is 32.1. The van der Waals surface area contributed by atoms with Crippen LogP contribution in [0.25, 0.3) is 0 Å². The lowest BCUT2D eigenvalue weighted by Crippen LogP contribution is -2.41. The Bertz CT molecular complexity index is 426. The topological polar surface area (TPSA) is 49.8 Å². The predicted octanol–water partition coefficient (Wildman–Crippen LogP) is 1.50. The normalized spacial score (nSPS) is 19.7. The molecule has 0 aromatic carbocycles. The van der Waals surface area contributed by atoms with Gasteiger partial charge in [-0.25, -0.2) is 4.98 Å². The largest absolute Gasteiger partial charge is 0.381 e. The lowest BCUT2D eigenvalue weighted by Gasteiger charge is -2.24. The molecule has 0 bridgehead atoms. The Labute approximate surface area is 118 Å². The summed E-state index contributed by atoms with van der Waals surface area (Å²) in [7, 11) is 3.89. The van der Waals surface area contributed by atoms with Gasteiger partial charge >= 0.3 is 0 Å². The molecule has 0 radical (unpaired) electrons. The Morgan fingerprint density at radius 3 is 3.11 bits per heavy atom. The third-order valence-electron chi connectivity index (χ3n) is 3.19. The molecule has 0 spiro atoms. The number of nitrogens with zero attached hydrogens (tertiary/aromatic N) is 3. The number of guanidine groups is 1. The summed E-state index contributed by atoms with van der Waals surface area (Å²) in [5, 5.41) is 6.52. The number of ether oxygens (including phenoxy) is 1. The second-order valence-corrected chi connectivity index (χ2v) is 5.84. The summed E-state index contributed by atoms with van der Waals surface area (Å²) in [6.07, 6.45) is 1.15. The molecule has 0 saturated carbocycles. The van der Waals surface area contributed by atoms with Crippen LogP contribution in [0.2, 0.25) is 0 Å². The number of rotatable bonds is 4. The number of hydrogen-bond acceptors (Lipinski definition) is 4. The Morgan fingerprint density at radius 1 is 1.68 bits per heavy atom. The maximum atomic E-state index is 5.41. The standard InChI is InChI=1S/C13H22N4OS/c1-10-9-19-12(16-10)6-15-13(14-2)17(3)7-11-4-5-18-8-11/h9,11H,4-8H2,1-3H3,(H,14,15). The molecule has 0 aliphatic carbocycles. The summed E-state index contributed by atoms with van der Waals surface area (Å²) in [6.45, 7) is 5.49. The van der Waals surface area contributed by atoms with Gasteiger partial charge in [-0.2, -0.15) is 0 Å². The third-order valence-corrected chi connectivity index (χ3v) is 4.16. The number of nitrogens with one attached hydrogen (secondary N) is 1. The first-order valence-corrected chi connectivity index (χ1v) is 7.47. The van der Waals surface area contributed by atoms with E-state index in [9.17, 15) is 0 Å². The smallest absolute Gasteiger partial charge is 0.193 e. The first-order chi connectivity index (χ1) is 9.19. The van der Waals surface area contributed by atoms with Crippen molar-refractivity contribution in [1.82, 2.24) is 15.2 Å². The molecule has 2 heterocycles. The highest BCUT2D eigenvalue weighted by molar-refractivity contribution is 7.09. The van der Waals surface area contributed by atoms with Crippen molar-refractivity contribution >= 4 is 17.3 Å². The summed E-state index contributed by atoms with van der Waals surface area (Å²) in [5.41, 5.74) is 1.08. The number of aryl methyl sites for hydroxylation is 1. The molecule has 5 nitrogen and oxygen atoms in total. The van der Waals surface area contributed by atoms with Crippen LogP contribution in [-0.2, 0) is 11.3 Å². The highest BCUT2D eigenvalue weighted by Gasteiger charge is 2.19. The van der Waals surface area contributed by atoms with Gasteiger partial charge in [-0.05, 0) is 13.3 Å². The zero-order chi connectivity index (χ0) is 13.7. The van der Waals surface area contributed by atoms with Crippen molar-refractivity contribution in [3.8, 4) is 0 Å². The Kier molecular flexibility index (Phi) is 5.15. The SMILES string of the molecule is CN=C(NCc1nc(C)cs1)N(C)CC1CCOC1. The minimum Gasteiger partial charge on any atom is -0.381 e. The number of aliphatic imine (C=N–C) groups is 1. The van der Waals surface area contributed by atoms with Gasteiger partial charge in [0.1, 0.15) is 5.01 Å². The number of thiazole rings is 1. The summed E-state index contributed by atoms with van der Waals surface area (Å²) < 4.78 is 5.41. The molecule has 1 aromatic heterocycles. The van der Waals surface area contributed by atoms with Gasteiger partial charge in [-0.1, -0.05) is 0 Å². The monoisotopic (exact) mass is 282 g/mol. The van der Waals surface area contributed by atoms with Crippen LogP contribution < -0.4 is 5.32 Å². The second kappa shape index (κ2) is 6.86. The van der Waals surface area contributed by atoms with Crippen LogP contribution in [-0.4, -0.2) is 49.7 Å². The van der Waals surface area contributed by atoms with E-state index >= 15 is 0 Å². The number of hydrogen-bond donors (Lipinski definition) is 1. The molecule has 1 aliphatic rings. The molecule has 2 rings (SSSR count). The zero-order valence-corrected chi connectivity index (χ0v) is 12.7. The van der Waals surface area contributed by atoms with Crippen LogP contribution in [0.1, 0.15) is 17.1 Å². The van der Waals surface area contributed by atoms with Gasteiger partial charge in [0.15, 0.2) is 5.96 Å². The van der Waals surface area contributed by atoms with Gasteiger partial charge < -0.3 is 15.0 Å². The summed E-state index contributed by atoms with van der Waals surface area (Å²) in [6, 6.07) is 0. The Hall–Kier alpha value is -1.14. The van der Waals surface area contributed by atoms with Crippen LogP contribution in [0.3, 0.4) is 0 Å². The van der Waals surface area contributed by atoms with Crippen LogP contribution in [0.4, 0.5) is 0 Å². The summed E-state index contributed by atoms with van der Waals surface area (Å²) in [4.78, 5) is 10.9. The molecule has 1 unspecified atom stereocenters. The second-order valence-electron chi connectivity index (χ2n) is 4.89. The third kappa shape index (κ3) is 4.18. The fourth-order valence-electron chi connectivity index (χ4n) is 2.22. The van der Waals surface area contributed by atoms with Crippen LogP contribution in [0.15, 0.2) is 10.4 Å². The minimum atomic E-state index is 0.616. The lowest BCUT2D eigenvalue weighted by molar-refractivity contribution is 0.181. The van der Waals surface area contributed by atoms with E-state index < -0.39 is 0 Å². The highest BCUT2D eigenvalue weighted by Crippen LogP contribution is 2.13. The van der Waals surface area contributed by atoms with E-state index in [-0.39, 0.29) is 0 Å². The van der Waals surface area contributed by atoms with Gasteiger partial charge in [0.2, 0.25) is 0 Å². The van der Waals surface area contributed by atoms with Crippen LogP contribution in [0.5, 0.6) is 0 Å². The molecule has 1 N–H and O–H groups in total. The van der Waals surface area contributed by atoms with Crippen molar-refractivity contribution in [3.05, 3.63) is 16.1 Å². The minimum absolute atomic E-state index is 0.616. The van der Waals surface area contributed by atoms with E-state index in [0.29, 0.717) is 5.92 Å². The van der Waals surface area contributed by atoms with Gasteiger partial charge in [0.25, 0.3) is 0 Å². The molecule has 19 heavy (non-hydrogen) atoms. The van der Waals surface area contributed by atoms with Crippen LogP contribution >= 0.6 is 11.3 Å². The molecule has 106 valence electrons. The molecule has 1 aromatic rings. The average molecular weight is 282 g/mol. The Morgan fingerprint density at radius 2 is 2.53 bits per heavy atom. The lowest BCUT2D eigenvalue weighted by atomic mass is 10.1. The molecule has 1 atom stereocenters. The predicted molar refractivity (Wildman–Crippen MR) is 78.6 cm³/mol. The van der Waals surface area contributed by atoms with E-state index in [2.05, 4.69) is 32.6 Å². The van der Waals surface area contributed by atoms with Gasteiger partial charge in [-0.15, -0.1) is 11.3 Å². The van der Waals surface area contributed by atoms with E-state index in [1.807, 2.05) is 14.0 Å². The van der Waals surface area contributed by atoms with Crippen LogP contribution in [0, 0.1) is 12.8 Å². The van der Waals surface area contributed by atoms with Crippen molar-refractivity contribution < 1.29 is 4.74 Å². The maximum Gasteiger partial charge on any atom is 0.193 e. The van der Waals surface area contributed by atoms with E-state index in [1.54, 1.807) is 11.3 Å². The summed E-state index contributed by atoms with van der Waals surface area (Å²) in [5.74, 6) is 1.53. The van der Waals surface area contributed by atoms with Crippen molar-refractivity contribution in [2.75, 3.05) is 33.9 Å². The van der Waals surface area contributed by atoms with Gasteiger partial charge in [0, 0.05) is 44.2 Å². The molecule has 6 heteroatoms. The van der Waals surface area contributed by atoms with Gasteiger partial charge in [0.05, 0.1) is 13.2 Å². The Balaban J connectivity index is 1.81. The molecule has 1 fully saturated rings. The average Bonchev–Trinajstić information content (AvgIpc) is 3.02. The van der Waals surface area contributed by atoms with Crippen molar-refractivity contribution in [2.45, 2.75) is 19.9 Å². The molecular weight excluding hydrogens is 260 g/mol. The molecule has 1 aliphatic heterocycles. The van der Waals surface area contributed by atoms with Crippen molar-refractivity contribution in [1.29, 1.82) is 0 Å². The van der Waals surface area contributed by atoms with Gasteiger partial charge in [-0.3, -0.25) is 4.99 Å². The molecule has 1 saturated heterocycles. The summed E-state index contributed by atoms with van der Waals surface area (Å²) >= 11 is 1.68. The number of aromatic nitrogens is 1. The fourth-order valence-corrected chi connectivity index (χ4v) is 2.94. The zero-order valence-electron chi connectivity index (χ0n) is 11.8. The molecular formula is C13H22N4OS. The first kappa shape index (κ1) is 14.3. The fraction of sp³-hybridized carbons (Fsp3) is 0.692. The quantitative estimate of drug-likeness (QED) is 0.671. The van der Waals surface area contributed by atoms with E-state index in [4.69, 9.17) is 4.74 Å². The van der Waals surface area contributed by atoms with E-state index in [0.717, 1.165) is 49.4 Å².